The molecular formula is C23H22FNO3. The number of ether oxygens (including phenoxy) is 2. The van der Waals surface area contributed by atoms with Crippen LogP contribution in [0.25, 0.3) is 0 Å². The Morgan fingerprint density at radius 2 is 1.71 bits per heavy atom. The zero-order valence-electron chi connectivity index (χ0n) is 15.7. The van der Waals surface area contributed by atoms with Gasteiger partial charge in [-0.3, -0.25) is 4.79 Å². The molecule has 0 saturated heterocycles. The molecule has 0 aliphatic rings. The van der Waals surface area contributed by atoms with Crippen LogP contribution in [0.15, 0.2) is 72.8 Å². The van der Waals surface area contributed by atoms with Gasteiger partial charge in [0, 0.05) is 12.1 Å². The van der Waals surface area contributed by atoms with E-state index in [0.29, 0.717) is 42.2 Å². The third-order valence-corrected chi connectivity index (χ3v) is 4.30. The van der Waals surface area contributed by atoms with Crippen molar-refractivity contribution in [1.82, 2.24) is 5.32 Å². The summed E-state index contributed by atoms with van der Waals surface area (Å²) in [6.07, 6.45) is 0.424. The van der Waals surface area contributed by atoms with Crippen LogP contribution in [-0.2, 0) is 13.0 Å². The van der Waals surface area contributed by atoms with E-state index in [1.807, 2.05) is 30.3 Å². The molecule has 0 heterocycles. The summed E-state index contributed by atoms with van der Waals surface area (Å²) in [6, 6.07) is 21.4. The summed E-state index contributed by atoms with van der Waals surface area (Å²) < 4.78 is 24.8. The first kappa shape index (κ1) is 19.4. The van der Waals surface area contributed by atoms with Gasteiger partial charge in [-0.05, 0) is 41.8 Å². The number of hydrogen-bond acceptors (Lipinski definition) is 3. The van der Waals surface area contributed by atoms with Crippen LogP contribution < -0.4 is 14.8 Å². The summed E-state index contributed by atoms with van der Waals surface area (Å²) in [7, 11) is 1.53. The van der Waals surface area contributed by atoms with Crippen molar-refractivity contribution in [2.45, 2.75) is 13.0 Å². The Balaban J connectivity index is 1.59. The van der Waals surface area contributed by atoms with Crippen molar-refractivity contribution in [1.29, 1.82) is 0 Å². The lowest BCUT2D eigenvalue weighted by molar-refractivity contribution is 0.0953. The Morgan fingerprint density at radius 3 is 2.46 bits per heavy atom. The molecule has 0 fully saturated rings. The summed E-state index contributed by atoms with van der Waals surface area (Å²) in [5.74, 6) is 0.537. The maximum absolute atomic E-state index is 13.6. The molecule has 0 spiro atoms. The SMILES string of the molecule is COc1cc(C(=O)NCCc2ccccc2F)ccc1OCc1ccccc1. The van der Waals surface area contributed by atoms with Gasteiger partial charge in [-0.1, -0.05) is 48.5 Å². The van der Waals surface area contributed by atoms with Crippen LogP contribution in [0.5, 0.6) is 11.5 Å². The molecule has 0 aromatic heterocycles. The van der Waals surface area contributed by atoms with Gasteiger partial charge in [0.1, 0.15) is 12.4 Å². The van der Waals surface area contributed by atoms with Gasteiger partial charge in [0.15, 0.2) is 11.5 Å². The van der Waals surface area contributed by atoms with Gasteiger partial charge in [-0.2, -0.15) is 0 Å². The molecule has 28 heavy (non-hydrogen) atoms. The fraction of sp³-hybridized carbons (Fsp3) is 0.174. The molecule has 4 nitrogen and oxygen atoms in total. The summed E-state index contributed by atoms with van der Waals surface area (Å²) in [4.78, 5) is 12.4. The Hall–Kier alpha value is -3.34. The highest BCUT2D eigenvalue weighted by atomic mass is 19.1. The molecule has 3 rings (SSSR count). The first-order chi connectivity index (χ1) is 13.7. The average Bonchev–Trinajstić information content (AvgIpc) is 2.74. The van der Waals surface area contributed by atoms with Crippen molar-refractivity contribution in [2.24, 2.45) is 0 Å². The Kier molecular flexibility index (Phi) is 6.63. The standard InChI is InChI=1S/C23H22FNO3/c1-27-22-15-19(11-12-21(22)28-16-17-7-3-2-4-8-17)23(26)25-14-13-18-9-5-6-10-20(18)24/h2-12,15H,13-14,16H2,1H3,(H,25,26). The summed E-state index contributed by atoms with van der Waals surface area (Å²) >= 11 is 0. The van der Waals surface area contributed by atoms with Gasteiger partial charge >= 0.3 is 0 Å². The quantitative estimate of drug-likeness (QED) is 0.632. The van der Waals surface area contributed by atoms with Crippen molar-refractivity contribution in [3.05, 3.63) is 95.3 Å². The van der Waals surface area contributed by atoms with E-state index in [1.165, 1.54) is 13.2 Å². The van der Waals surface area contributed by atoms with Crippen LogP contribution in [-0.4, -0.2) is 19.6 Å². The molecule has 0 aliphatic heterocycles. The van der Waals surface area contributed by atoms with Crippen molar-refractivity contribution in [2.75, 3.05) is 13.7 Å². The lowest BCUT2D eigenvalue weighted by Crippen LogP contribution is -2.25. The van der Waals surface area contributed by atoms with E-state index >= 15 is 0 Å². The van der Waals surface area contributed by atoms with Gasteiger partial charge in [0.25, 0.3) is 5.91 Å². The van der Waals surface area contributed by atoms with Gasteiger partial charge in [-0.15, -0.1) is 0 Å². The van der Waals surface area contributed by atoms with Crippen LogP contribution in [0.4, 0.5) is 4.39 Å². The third kappa shape index (κ3) is 5.10. The van der Waals surface area contributed by atoms with Crippen molar-refractivity contribution in [3.63, 3.8) is 0 Å². The fourth-order valence-corrected chi connectivity index (χ4v) is 2.78. The highest BCUT2D eigenvalue weighted by molar-refractivity contribution is 5.94. The Bertz CT molecular complexity index is 928. The fourth-order valence-electron chi connectivity index (χ4n) is 2.78. The van der Waals surface area contributed by atoms with E-state index in [2.05, 4.69) is 5.32 Å². The van der Waals surface area contributed by atoms with Crippen LogP contribution in [0.1, 0.15) is 21.5 Å². The first-order valence-electron chi connectivity index (χ1n) is 9.04. The normalized spacial score (nSPS) is 10.4. The topological polar surface area (TPSA) is 47.6 Å². The number of halogens is 1. The van der Waals surface area contributed by atoms with Crippen LogP contribution >= 0.6 is 0 Å². The number of carbonyl (C=O) groups excluding carboxylic acids is 1. The minimum Gasteiger partial charge on any atom is -0.493 e. The van der Waals surface area contributed by atoms with Crippen LogP contribution in [0, 0.1) is 5.82 Å². The van der Waals surface area contributed by atoms with Crippen LogP contribution in [0.3, 0.4) is 0 Å². The molecule has 1 N–H and O–H groups in total. The molecule has 1 amide bonds. The van der Waals surface area contributed by atoms with E-state index in [4.69, 9.17) is 9.47 Å². The molecule has 0 bridgehead atoms. The average molecular weight is 379 g/mol. The van der Waals surface area contributed by atoms with Gasteiger partial charge in [0.05, 0.1) is 7.11 Å². The van der Waals surface area contributed by atoms with E-state index < -0.39 is 0 Å². The van der Waals surface area contributed by atoms with Crippen molar-refractivity contribution >= 4 is 5.91 Å². The molecule has 0 radical (unpaired) electrons. The minimum absolute atomic E-state index is 0.246. The smallest absolute Gasteiger partial charge is 0.251 e. The maximum atomic E-state index is 13.6. The third-order valence-electron chi connectivity index (χ3n) is 4.30. The van der Waals surface area contributed by atoms with E-state index in [-0.39, 0.29) is 11.7 Å². The first-order valence-corrected chi connectivity index (χ1v) is 9.04. The lowest BCUT2D eigenvalue weighted by atomic mass is 10.1. The second kappa shape index (κ2) is 9.55. The zero-order chi connectivity index (χ0) is 19.8. The molecule has 0 atom stereocenters. The lowest BCUT2D eigenvalue weighted by Gasteiger charge is -2.12. The molecule has 3 aromatic rings. The monoisotopic (exact) mass is 379 g/mol. The van der Waals surface area contributed by atoms with Crippen molar-refractivity contribution < 1.29 is 18.7 Å². The van der Waals surface area contributed by atoms with E-state index in [0.717, 1.165) is 5.56 Å². The minimum atomic E-state index is -0.265. The highest BCUT2D eigenvalue weighted by Gasteiger charge is 2.11. The number of rotatable bonds is 8. The summed E-state index contributed by atoms with van der Waals surface area (Å²) in [5, 5.41) is 2.80. The van der Waals surface area contributed by atoms with Gasteiger partial charge < -0.3 is 14.8 Å². The van der Waals surface area contributed by atoms with Crippen LogP contribution in [0.2, 0.25) is 0 Å². The van der Waals surface area contributed by atoms with Gasteiger partial charge in [0.2, 0.25) is 0 Å². The van der Waals surface area contributed by atoms with E-state index in [1.54, 1.807) is 36.4 Å². The second-order valence-corrected chi connectivity index (χ2v) is 6.24. The molecule has 144 valence electrons. The number of amides is 1. The molecule has 0 unspecified atom stereocenters. The highest BCUT2D eigenvalue weighted by Crippen LogP contribution is 2.28. The molecule has 0 aliphatic carbocycles. The molecule has 5 heteroatoms. The van der Waals surface area contributed by atoms with E-state index in [9.17, 15) is 9.18 Å². The largest absolute Gasteiger partial charge is 0.493 e. The summed E-state index contributed by atoms with van der Waals surface area (Å²) in [5.41, 5.74) is 2.07. The predicted octanol–water partition coefficient (Wildman–Crippen LogP) is 4.39. The number of nitrogens with one attached hydrogen (secondary N) is 1. The maximum Gasteiger partial charge on any atom is 0.251 e. The van der Waals surface area contributed by atoms with Crippen molar-refractivity contribution in [3.8, 4) is 11.5 Å². The number of benzene rings is 3. The Labute approximate surface area is 163 Å². The molecule has 3 aromatic carbocycles. The number of methoxy groups -OCH3 is 1. The summed E-state index contributed by atoms with van der Waals surface area (Å²) in [6.45, 7) is 0.750. The molecule has 0 saturated carbocycles. The molecular weight excluding hydrogens is 357 g/mol. The second-order valence-electron chi connectivity index (χ2n) is 6.24. The predicted molar refractivity (Wildman–Crippen MR) is 106 cm³/mol. The zero-order valence-corrected chi connectivity index (χ0v) is 15.7. The Morgan fingerprint density at radius 1 is 0.964 bits per heavy atom. The number of carbonyl (C=O) groups is 1. The van der Waals surface area contributed by atoms with Gasteiger partial charge in [-0.25, -0.2) is 4.39 Å². The number of hydrogen-bond donors (Lipinski definition) is 1.